The Morgan fingerprint density at radius 2 is 1.90 bits per heavy atom. The first-order valence-electron chi connectivity index (χ1n) is 8.00. The smallest absolute Gasteiger partial charge is 0.0484 e. The highest BCUT2D eigenvalue weighted by Gasteiger charge is 2.18. The molecule has 0 radical (unpaired) electrons. The molecule has 0 bridgehead atoms. The van der Waals surface area contributed by atoms with Gasteiger partial charge in [-0.25, -0.2) is 0 Å². The second-order valence-electron chi connectivity index (χ2n) is 6.72. The molecular weight excluding hydrogens is 256 g/mol. The fraction of sp³-hybridized carbons (Fsp3) is 0.579. The molecule has 1 aromatic rings. The molecule has 0 saturated carbocycles. The highest BCUT2D eigenvalue weighted by Crippen LogP contribution is 2.29. The van der Waals surface area contributed by atoms with Gasteiger partial charge in [-0.2, -0.15) is 0 Å². The normalized spacial score (nSPS) is 15.4. The highest BCUT2D eigenvalue weighted by atomic mass is 15.0. The number of aryl methyl sites for hydroxylation is 1. The van der Waals surface area contributed by atoms with Gasteiger partial charge >= 0.3 is 0 Å². The van der Waals surface area contributed by atoms with E-state index in [0.717, 1.165) is 13.0 Å². The first kappa shape index (κ1) is 17.8. The summed E-state index contributed by atoms with van der Waals surface area (Å²) in [5.74, 6) is 1.19. The van der Waals surface area contributed by atoms with Gasteiger partial charge in [0.25, 0.3) is 0 Å². The number of aromatic nitrogens is 1. The van der Waals surface area contributed by atoms with Crippen LogP contribution in [0.15, 0.2) is 18.3 Å². The molecule has 2 nitrogen and oxygen atoms in total. The molecule has 1 rings (SSSR count). The number of nitrogens with two attached hydrogens (primary N) is 1. The van der Waals surface area contributed by atoms with Crippen molar-refractivity contribution in [2.75, 3.05) is 6.54 Å². The predicted octanol–water partition coefficient (Wildman–Crippen LogP) is 5.04. The monoisotopic (exact) mass is 288 g/mol. The Hall–Kier alpha value is -1.28. The van der Waals surface area contributed by atoms with Gasteiger partial charge in [-0.1, -0.05) is 32.1 Å². The predicted molar refractivity (Wildman–Crippen MR) is 95.3 cm³/mol. The largest absolute Gasteiger partial charge is 0.344 e. The van der Waals surface area contributed by atoms with Gasteiger partial charge in [0.15, 0.2) is 0 Å². The molecule has 0 aliphatic carbocycles. The number of hydrogen-bond acceptors (Lipinski definition) is 1. The van der Waals surface area contributed by atoms with Crippen molar-refractivity contribution in [1.29, 1.82) is 0 Å². The Morgan fingerprint density at radius 1 is 1.29 bits per heavy atom. The molecule has 0 fully saturated rings. The Bertz CT molecular complexity index is 504. The van der Waals surface area contributed by atoms with Crippen molar-refractivity contribution in [2.24, 2.45) is 17.6 Å². The summed E-state index contributed by atoms with van der Waals surface area (Å²) in [5.41, 5.74) is 10.9. The molecule has 1 aromatic heterocycles. The summed E-state index contributed by atoms with van der Waals surface area (Å²) in [6.07, 6.45) is 7.64. The SMILES string of the molecule is C=Cc1c(C)cn(C(C)CC(C)C(C)CN)c1C=C(C)C. The fourth-order valence-electron chi connectivity index (χ4n) is 2.86. The zero-order valence-corrected chi connectivity index (χ0v) is 14.6. The van der Waals surface area contributed by atoms with Crippen LogP contribution in [0.4, 0.5) is 0 Å². The van der Waals surface area contributed by atoms with Gasteiger partial charge in [0.05, 0.1) is 0 Å². The molecule has 1 heterocycles. The summed E-state index contributed by atoms with van der Waals surface area (Å²) >= 11 is 0. The Kier molecular flexibility index (Phi) is 6.47. The van der Waals surface area contributed by atoms with Crippen molar-refractivity contribution in [2.45, 2.75) is 54.0 Å². The van der Waals surface area contributed by atoms with Gasteiger partial charge in [-0.15, -0.1) is 0 Å². The summed E-state index contributed by atoms with van der Waals surface area (Å²) in [5, 5.41) is 0. The molecule has 3 atom stereocenters. The van der Waals surface area contributed by atoms with E-state index in [1.807, 2.05) is 6.08 Å². The van der Waals surface area contributed by atoms with E-state index < -0.39 is 0 Å². The van der Waals surface area contributed by atoms with Crippen LogP contribution >= 0.6 is 0 Å². The number of nitrogens with zero attached hydrogens (tertiary/aromatic N) is 1. The molecule has 0 aromatic carbocycles. The minimum Gasteiger partial charge on any atom is -0.344 e. The number of hydrogen-bond donors (Lipinski definition) is 1. The van der Waals surface area contributed by atoms with Gasteiger partial charge in [0, 0.05) is 23.5 Å². The summed E-state index contributed by atoms with van der Waals surface area (Å²) in [6, 6.07) is 0.465. The third kappa shape index (κ3) is 4.34. The number of allylic oxidation sites excluding steroid dienone is 1. The van der Waals surface area contributed by atoms with Gasteiger partial charge in [-0.3, -0.25) is 0 Å². The van der Waals surface area contributed by atoms with E-state index in [2.05, 4.69) is 65.0 Å². The van der Waals surface area contributed by atoms with Crippen molar-refractivity contribution in [3.05, 3.63) is 35.2 Å². The van der Waals surface area contributed by atoms with Crippen molar-refractivity contribution in [3.63, 3.8) is 0 Å². The van der Waals surface area contributed by atoms with E-state index in [4.69, 9.17) is 5.73 Å². The maximum atomic E-state index is 5.80. The average molecular weight is 288 g/mol. The molecule has 118 valence electrons. The first-order chi connectivity index (χ1) is 9.81. The van der Waals surface area contributed by atoms with E-state index in [9.17, 15) is 0 Å². The lowest BCUT2D eigenvalue weighted by Gasteiger charge is -2.24. The fourth-order valence-corrected chi connectivity index (χ4v) is 2.86. The van der Waals surface area contributed by atoms with Gasteiger partial charge in [0.2, 0.25) is 0 Å². The molecule has 2 N–H and O–H groups in total. The Labute approximate surface area is 130 Å². The molecular formula is C19H32N2. The summed E-state index contributed by atoms with van der Waals surface area (Å²) in [4.78, 5) is 0. The topological polar surface area (TPSA) is 30.9 Å². The van der Waals surface area contributed by atoms with Crippen LogP contribution in [0.1, 0.15) is 63.9 Å². The van der Waals surface area contributed by atoms with Crippen LogP contribution in [-0.2, 0) is 0 Å². The summed E-state index contributed by atoms with van der Waals surface area (Å²) in [7, 11) is 0. The average Bonchev–Trinajstić information content (AvgIpc) is 2.73. The zero-order chi connectivity index (χ0) is 16.2. The van der Waals surface area contributed by atoms with Crippen molar-refractivity contribution >= 4 is 12.2 Å². The van der Waals surface area contributed by atoms with Crippen LogP contribution in [0.25, 0.3) is 12.2 Å². The lowest BCUT2D eigenvalue weighted by atomic mass is 9.90. The second kappa shape index (κ2) is 7.65. The lowest BCUT2D eigenvalue weighted by Crippen LogP contribution is -2.21. The van der Waals surface area contributed by atoms with Crippen LogP contribution in [0.3, 0.4) is 0 Å². The van der Waals surface area contributed by atoms with Gasteiger partial charge < -0.3 is 10.3 Å². The molecule has 3 unspecified atom stereocenters. The quantitative estimate of drug-likeness (QED) is 0.748. The van der Waals surface area contributed by atoms with E-state index in [1.165, 1.54) is 22.4 Å². The summed E-state index contributed by atoms with van der Waals surface area (Å²) < 4.78 is 2.40. The third-order valence-electron chi connectivity index (χ3n) is 4.47. The Morgan fingerprint density at radius 3 is 2.38 bits per heavy atom. The molecule has 0 aliphatic rings. The van der Waals surface area contributed by atoms with Crippen LogP contribution in [-0.4, -0.2) is 11.1 Å². The van der Waals surface area contributed by atoms with Crippen molar-refractivity contribution in [1.82, 2.24) is 4.57 Å². The second-order valence-corrected chi connectivity index (χ2v) is 6.72. The maximum Gasteiger partial charge on any atom is 0.0484 e. The van der Waals surface area contributed by atoms with E-state index in [-0.39, 0.29) is 0 Å². The highest BCUT2D eigenvalue weighted by molar-refractivity contribution is 5.66. The van der Waals surface area contributed by atoms with Crippen LogP contribution in [0.2, 0.25) is 0 Å². The van der Waals surface area contributed by atoms with E-state index >= 15 is 0 Å². The molecule has 0 spiro atoms. The van der Waals surface area contributed by atoms with Crippen molar-refractivity contribution in [3.8, 4) is 0 Å². The minimum absolute atomic E-state index is 0.465. The van der Waals surface area contributed by atoms with Gasteiger partial charge in [0.1, 0.15) is 0 Å². The maximum absolute atomic E-state index is 5.80. The molecule has 0 saturated heterocycles. The van der Waals surface area contributed by atoms with E-state index in [1.54, 1.807) is 0 Å². The third-order valence-corrected chi connectivity index (χ3v) is 4.47. The van der Waals surface area contributed by atoms with E-state index in [0.29, 0.717) is 17.9 Å². The van der Waals surface area contributed by atoms with Gasteiger partial charge in [-0.05, 0) is 64.1 Å². The first-order valence-corrected chi connectivity index (χ1v) is 8.00. The van der Waals surface area contributed by atoms with Crippen molar-refractivity contribution < 1.29 is 0 Å². The lowest BCUT2D eigenvalue weighted by molar-refractivity contribution is 0.317. The van der Waals surface area contributed by atoms with Crippen LogP contribution in [0, 0.1) is 18.8 Å². The zero-order valence-electron chi connectivity index (χ0n) is 14.6. The summed E-state index contributed by atoms with van der Waals surface area (Å²) in [6.45, 7) is 18.0. The molecule has 2 heteroatoms. The minimum atomic E-state index is 0.465. The standard InChI is InChI=1S/C19H32N2/c1-8-18-16(6)12-21(19(18)9-13(2)3)17(7)10-14(4)15(5)11-20/h8-9,12,14-15,17H,1,10-11,20H2,2-7H3. The van der Waals surface area contributed by atoms with Crippen LogP contribution in [0.5, 0.6) is 0 Å². The molecule has 0 aliphatic heterocycles. The molecule has 0 amide bonds. The molecule has 21 heavy (non-hydrogen) atoms. The Balaban J connectivity index is 3.12. The van der Waals surface area contributed by atoms with Crippen LogP contribution < -0.4 is 5.73 Å². The number of rotatable bonds is 7.